The Morgan fingerprint density at radius 2 is 2.07 bits per heavy atom. The van der Waals surface area contributed by atoms with Crippen molar-refractivity contribution in [2.24, 2.45) is 0 Å². The summed E-state index contributed by atoms with van der Waals surface area (Å²) in [4.78, 5) is 20.5. The molecule has 1 aliphatic heterocycles. The van der Waals surface area contributed by atoms with E-state index in [4.69, 9.17) is 16.3 Å². The van der Waals surface area contributed by atoms with Crippen LogP contribution in [0.5, 0.6) is 0 Å². The van der Waals surface area contributed by atoms with E-state index in [1.807, 2.05) is 24.3 Å². The van der Waals surface area contributed by atoms with Gasteiger partial charge >= 0.3 is 0 Å². The summed E-state index contributed by atoms with van der Waals surface area (Å²) < 4.78 is 7.14. The smallest absolute Gasteiger partial charge is 0.258 e. The van der Waals surface area contributed by atoms with E-state index in [-0.39, 0.29) is 17.2 Å². The van der Waals surface area contributed by atoms with Crippen molar-refractivity contribution in [1.82, 2.24) is 25.1 Å². The summed E-state index contributed by atoms with van der Waals surface area (Å²) in [5, 5.41) is 10.5. The molecule has 138 valence electrons. The van der Waals surface area contributed by atoms with Gasteiger partial charge in [0.1, 0.15) is 0 Å². The van der Waals surface area contributed by atoms with Crippen LogP contribution in [0.25, 0.3) is 5.82 Å². The number of nitrogens with zero attached hydrogens (tertiary/aromatic N) is 4. The number of rotatable bonds is 4. The molecule has 1 unspecified atom stereocenters. The van der Waals surface area contributed by atoms with Gasteiger partial charge in [-0.15, -0.1) is 0 Å². The van der Waals surface area contributed by atoms with Crippen LogP contribution >= 0.6 is 11.6 Å². The van der Waals surface area contributed by atoms with Gasteiger partial charge in [-0.1, -0.05) is 23.7 Å². The second-order valence-corrected chi connectivity index (χ2v) is 6.34. The predicted molar refractivity (Wildman–Crippen MR) is 100 cm³/mol. The molecule has 0 aliphatic carbocycles. The zero-order valence-corrected chi connectivity index (χ0v) is 15.1. The predicted octanol–water partition coefficient (Wildman–Crippen LogP) is 2.23. The third-order valence-corrected chi connectivity index (χ3v) is 4.43. The van der Waals surface area contributed by atoms with Gasteiger partial charge in [0.15, 0.2) is 11.0 Å². The van der Waals surface area contributed by atoms with Crippen molar-refractivity contribution < 1.29 is 9.53 Å². The first kappa shape index (κ1) is 17.6. The highest BCUT2D eigenvalue weighted by atomic mass is 35.5. The van der Waals surface area contributed by atoms with Gasteiger partial charge in [-0.05, 0) is 17.7 Å². The second kappa shape index (κ2) is 7.83. The Morgan fingerprint density at radius 3 is 2.81 bits per heavy atom. The number of halogens is 1. The van der Waals surface area contributed by atoms with Gasteiger partial charge in [-0.2, -0.15) is 5.10 Å². The number of nitrogens with one attached hydrogen (secondary N) is 2. The van der Waals surface area contributed by atoms with Crippen molar-refractivity contribution in [3.8, 4) is 5.82 Å². The number of aromatic nitrogens is 4. The highest BCUT2D eigenvalue weighted by Crippen LogP contribution is 2.21. The first-order chi connectivity index (χ1) is 13.2. The molecule has 2 N–H and O–H groups in total. The average Bonchev–Trinajstić information content (AvgIpc) is 3.20. The number of morpholine rings is 1. The van der Waals surface area contributed by atoms with Gasteiger partial charge in [0.25, 0.3) is 5.91 Å². The van der Waals surface area contributed by atoms with Crippen LogP contribution in [0, 0.1) is 0 Å². The van der Waals surface area contributed by atoms with Crippen molar-refractivity contribution >= 4 is 23.2 Å². The zero-order valence-electron chi connectivity index (χ0n) is 14.3. The van der Waals surface area contributed by atoms with E-state index in [0.29, 0.717) is 23.7 Å². The molecule has 3 heterocycles. The molecule has 8 nitrogen and oxygen atoms in total. The summed E-state index contributed by atoms with van der Waals surface area (Å²) in [5.41, 5.74) is 2.16. The van der Waals surface area contributed by atoms with Gasteiger partial charge < -0.3 is 15.4 Å². The average molecular weight is 385 g/mol. The van der Waals surface area contributed by atoms with Crippen LogP contribution < -0.4 is 10.6 Å². The monoisotopic (exact) mass is 384 g/mol. The fourth-order valence-electron chi connectivity index (χ4n) is 2.79. The van der Waals surface area contributed by atoms with Crippen molar-refractivity contribution in [3.63, 3.8) is 0 Å². The topological polar surface area (TPSA) is 94.0 Å². The fraction of sp³-hybridized carbons (Fsp3) is 0.222. The Balaban J connectivity index is 1.44. The summed E-state index contributed by atoms with van der Waals surface area (Å²) in [6.45, 7) is 2.36. The molecule has 4 rings (SSSR count). The SMILES string of the molecule is O=C(Nc1ccc(C2CNCCO2)cc1)c1cnn(-c2nccnc2Cl)c1. The van der Waals surface area contributed by atoms with Crippen LogP contribution in [0.4, 0.5) is 5.69 Å². The van der Waals surface area contributed by atoms with E-state index in [9.17, 15) is 4.79 Å². The quantitative estimate of drug-likeness (QED) is 0.716. The van der Waals surface area contributed by atoms with Gasteiger partial charge in [0.2, 0.25) is 0 Å². The number of hydrogen-bond acceptors (Lipinski definition) is 6. The number of carbonyl (C=O) groups excluding carboxylic acids is 1. The van der Waals surface area contributed by atoms with Crippen molar-refractivity contribution in [1.29, 1.82) is 0 Å². The number of hydrogen-bond donors (Lipinski definition) is 2. The lowest BCUT2D eigenvalue weighted by Gasteiger charge is -2.24. The third-order valence-electron chi connectivity index (χ3n) is 4.17. The van der Waals surface area contributed by atoms with E-state index in [2.05, 4.69) is 25.7 Å². The van der Waals surface area contributed by atoms with Crippen molar-refractivity contribution in [2.75, 3.05) is 25.0 Å². The maximum atomic E-state index is 12.5. The molecule has 1 atom stereocenters. The highest BCUT2D eigenvalue weighted by Gasteiger charge is 2.16. The largest absolute Gasteiger partial charge is 0.371 e. The summed E-state index contributed by atoms with van der Waals surface area (Å²) >= 11 is 6.01. The Hall–Kier alpha value is -2.81. The highest BCUT2D eigenvalue weighted by molar-refractivity contribution is 6.30. The molecule has 9 heteroatoms. The van der Waals surface area contributed by atoms with E-state index < -0.39 is 0 Å². The summed E-state index contributed by atoms with van der Waals surface area (Å²) in [6.07, 6.45) is 6.05. The zero-order chi connectivity index (χ0) is 18.6. The van der Waals surface area contributed by atoms with E-state index in [1.165, 1.54) is 23.3 Å². The van der Waals surface area contributed by atoms with Crippen LogP contribution in [0.3, 0.4) is 0 Å². The number of ether oxygens (including phenoxy) is 1. The molecule has 0 bridgehead atoms. The minimum absolute atomic E-state index is 0.0402. The van der Waals surface area contributed by atoms with Crippen LogP contribution in [-0.2, 0) is 4.74 Å². The number of benzene rings is 1. The lowest BCUT2D eigenvalue weighted by Crippen LogP contribution is -2.33. The van der Waals surface area contributed by atoms with E-state index in [1.54, 1.807) is 6.20 Å². The lowest BCUT2D eigenvalue weighted by atomic mass is 10.1. The normalized spacial score (nSPS) is 16.9. The van der Waals surface area contributed by atoms with Crippen molar-refractivity contribution in [3.05, 3.63) is 65.3 Å². The molecule has 1 aliphatic rings. The summed E-state index contributed by atoms with van der Waals surface area (Å²) in [6, 6.07) is 7.62. The van der Waals surface area contributed by atoms with E-state index >= 15 is 0 Å². The molecule has 0 spiro atoms. The fourth-order valence-corrected chi connectivity index (χ4v) is 2.98. The molecular formula is C18H17ClN6O2. The Bertz CT molecular complexity index is 937. The van der Waals surface area contributed by atoms with Gasteiger partial charge in [-0.3, -0.25) is 4.79 Å². The Morgan fingerprint density at radius 1 is 1.26 bits per heavy atom. The van der Waals surface area contributed by atoms with Crippen LogP contribution in [-0.4, -0.2) is 45.4 Å². The molecule has 3 aromatic rings. The van der Waals surface area contributed by atoms with Crippen molar-refractivity contribution in [2.45, 2.75) is 6.10 Å². The Labute approximate surface area is 160 Å². The number of amides is 1. The van der Waals surface area contributed by atoms with Crippen LogP contribution in [0.15, 0.2) is 49.1 Å². The first-order valence-corrected chi connectivity index (χ1v) is 8.84. The summed E-state index contributed by atoms with van der Waals surface area (Å²) in [7, 11) is 0. The molecule has 1 fully saturated rings. The Kier molecular flexibility index (Phi) is 5.10. The molecule has 0 radical (unpaired) electrons. The minimum atomic E-state index is -0.274. The first-order valence-electron chi connectivity index (χ1n) is 8.46. The third kappa shape index (κ3) is 3.97. The minimum Gasteiger partial charge on any atom is -0.371 e. The second-order valence-electron chi connectivity index (χ2n) is 5.98. The number of carbonyl (C=O) groups is 1. The van der Waals surface area contributed by atoms with Crippen LogP contribution in [0.1, 0.15) is 22.0 Å². The van der Waals surface area contributed by atoms with Crippen LogP contribution in [0.2, 0.25) is 5.15 Å². The van der Waals surface area contributed by atoms with Gasteiger partial charge in [0, 0.05) is 37.4 Å². The molecular weight excluding hydrogens is 368 g/mol. The van der Waals surface area contributed by atoms with Gasteiger partial charge in [-0.25, -0.2) is 14.6 Å². The molecule has 2 aromatic heterocycles. The molecule has 1 amide bonds. The lowest BCUT2D eigenvalue weighted by molar-refractivity contribution is 0.0277. The maximum Gasteiger partial charge on any atom is 0.258 e. The molecule has 1 aromatic carbocycles. The molecule has 1 saturated heterocycles. The maximum absolute atomic E-state index is 12.5. The molecule has 0 saturated carbocycles. The standard InChI is InChI=1S/C18H17ClN6O2/c19-16-17(22-6-5-21-16)25-11-13(9-23-25)18(26)24-14-3-1-12(2-4-14)15-10-20-7-8-27-15/h1-6,9,11,15,20H,7-8,10H2,(H,24,26). The summed E-state index contributed by atoms with van der Waals surface area (Å²) in [5.74, 6) is 0.0910. The molecule has 27 heavy (non-hydrogen) atoms. The van der Waals surface area contributed by atoms with E-state index in [0.717, 1.165) is 18.7 Å². The number of anilines is 1. The van der Waals surface area contributed by atoms with Gasteiger partial charge in [0.05, 0.1) is 24.5 Å².